The van der Waals surface area contributed by atoms with Gasteiger partial charge in [0.05, 0.1) is 10.9 Å². The fourth-order valence-corrected chi connectivity index (χ4v) is 3.63. The van der Waals surface area contributed by atoms with E-state index in [0.29, 0.717) is 17.0 Å². The van der Waals surface area contributed by atoms with Crippen LogP contribution in [0.4, 0.5) is 5.69 Å². The highest BCUT2D eigenvalue weighted by Gasteiger charge is 2.22. The molecular weight excluding hydrogens is 352 g/mol. The van der Waals surface area contributed by atoms with Crippen LogP contribution in [-0.2, 0) is 11.3 Å². The number of fused-ring (bicyclic) bond motifs is 1. The fraction of sp³-hybridized carbons (Fsp3) is 0.444. The van der Waals surface area contributed by atoms with Gasteiger partial charge in [-0.15, -0.1) is 10.2 Å². The molecule has 1 N–H and O–H groups in total. The Morgan fingerprint density at radius 1 is 1.42 bits per heavy atom. The van der Waals surface area contributed by atoms with Crippen LogP contribution in [0.1, 0.15) is 43.5 Å². The number of ether oxygens (including phenoxy) is 1. The molecule has 7 nitrogen and oxygen atoms in total. The molecule has 0 aliphatic carbocycles. The van der Waals surface area contributed by atoms with Gasteiger partial charge in [0.1, 0.15) is 12.1 Å². The number of hydrogen-bond donors (Lipinski definition) is 1. The second-order valence-electron chi connectivity index (χ2n) is 6.19. The molecule has 26 heavy (non-hydrogen) atoms. The predicted molar refractivity (Wildman–Crippen MR) is 99.8 cm³/mol. The molecule has 1 aliphatic heterocycles. The molecule has 0 spiro atoms. The highest BCUT2D eigenvalue weighted by Crippen LogP contribution is 2.31. The van der Waals surface area contributed by atoms with Crippen LogP contribution in [0, 0.1) is 0 Å². The zero-order chi connectivity index (χ0) is 18.5. The number of nitrogens with zero attached hydrogens (tertiary/aromatic N) is 3. The number of rotatable bonds is 8. The summed E-state index contributed by atoms with van der Waals surface area (Å²) < 4.78 is 7.32. The maximum Gasteiger partial charge on any atom is 0.262 e. The zero-order valence-electron chi connectivity index (χ0n) is 14.9. The number of carbonyl (C=O) groups is 2. The quantitative estimate of drug-likeness (QED) is 0.434. The molecule has 0 fully saturated rings. The summed E-state index contributed by atoms with van der Waals surface area (Å²) in [4.78, 5) is 24.2. The first-order valence-corrected chi connectivity index (χ1v) is 9.62. The first-order chi connectivity index (χ1) is 12.6. The summed E-state index contributed by atoms with van der Waals surface area (Å²) in [5, 5.41) is 11.3. The Labute approximate surface area is 156 Å². The van der Waals surface area contributed by atoms with Gasteiger partial charge in [0.25, 0.3) is 5.91 Å². The molecule has 8 heteroatoms. The monoisotopic (exact) mass is 374 g/mol. The van der Waals surface area contributed by atoms with E-state index in [2.05, 4.69) is 22.4 Å². The average molecular weight is 374 g/mol. The standard InChI is InChI=1S/C18H22N4O3S/c1-3-4-5-8-22-11-19-21-18(22)26-12(2)17(24)13-6-7-15-14(9-13)20-16(23)10-25-15/h6-7,9,11-12H,3-5,8,10H2,1-2H3,(H,20,23)/t12-/m0/s1. The van der Waals surface area contributed by atoms with Crippen LogP contribution < -0.4 is 10.1 Å². The van der Waals surface area contributed by atoms with Crippen LogP contribution in [0.2, 0.25) is 0 Å². The van der Waals surface area contributed by atoms with Gasteiger partial charge in [-0.1, -0.05) is 31.5 Å². The van der Waals surface area contributed by atoms with E-state index >= 15 is 0 Å². The minimum atomic E-state index is -0.317. The summed E-state index contributed by atoms with van der Waals surface area (Å²) >= 11 is 1.40. The molecule has 0 bridgehead atoms. The minimum absolute atomic E-state index is 0.000236. The molecule has 1 aromatic heterocycles. The molecule has 1 aromatic carbocycles. The van der Waals surface area contributed by atoms with Crippen LogP contribution in [0.15, 0.2) is 29.7 Å². The van der Waals surface area contributed by atoms with Crippen LogP contribution in [0.3, 0.4) is 0 Å². The number of Topliss-reactive ketones (excluding diaryl/α,β-unsaturated/α-hetero) is 1. The van der Waals surface area contributed by atoms with E-state index in [1.165, 1.54) is 11.8 Å². The van der Waals surface area contributed by atoms with Crippen molar-refractivity contribution in [2.45, 2.75) is 50.1 Å². The van der Waals surface area contributed by atoms with Crippen molar-refractivity contribution in [2.75, 3.05) is 11.9 Å². The van der Waals surface area contributed by atoms with E-state index in [9.17, 15) is 9.59 Å². The Morgan fingerprint density at radius 3 is 3.08 bits per heavy atom. The Hall–Kier alpha value is -2.35. The van der Waals surface area contributed by atoms with Crippen LogP contribution >= 0.6 is 11.8 Å². The van der Waals surface area contributed by atoms with Gasteiger partial charge in [0.2, 0.25) is 0 Å². The summed E-state index contributed by atoms with van der Waals surface area (Å²) in [6.07, 6.45) is 5.08. The van der Waals surface area contributed by atoms with Gasteiger partial charge in [0, 0.05) is 12.1 Å². The second kappa shape index (κ2) is 8.35. The van der Waals surface area contributed by atoms with E-state index < -0.39 is 0 Å². The first-order valence-electron chi connectivity index (χ1n) is 8.74. The van der Waals surface area contributed by atoms with Gasteiger partial charge in [-0.05, 0) is 31.5 Å². The Balaban J connectivity index is 1.68. The van der Waals surface area contributed by atoms with Crippen molar-refractivity contribution in [3.05, 3.63) is 30.1 Å². The molecule has 2 aromatic rings. The topological polar surface area (TPSA) is 86.1 Å². The summed E-state index contributed by atoms with van der Waals surface area (Å²) in [6.45, 7) is 4.87. The predicted octanol–water partition coefficient (Wildman–Crippen LogP) is 3.16. The number of hydrogen-bond acceptors (Lipinski definition) is 6. The lowest BCUT2D eigenvalue weighted by molar-refractivity contribution is -0.118. The molecule has 0 saturated carbocycles. The minimum Gasteiger partial charge on any atom is -0.482 e. The number of aromatic nitrogens is 3. The van der Waals surface area contributed by atoms with Gasteiger partial charge in [0.15, 0.2) is 17.5 Å². The molecular formula is C18H22N4O3S. The molecule has 1 amide bonds. The molecule has 1 aliphatic rings. The maximum absolute atomic E-state index is 12.8. The summed E-state index contributed by atoms with van der Waals surface area (Å²) in [5.41, 5.74) is 1.07. The summed E-state index contributed by atoms with van der Waals surface area (Å²) in [6, 6.07) is 5.10. The Kier molecular flexibility index (Phi) is 5.92. The lowest BCUT2D eigenvalue weighted by Crippen LogP contribution is -2.25. The summed E-state index contributed by atoms with van der Waals surface area (Å²) in [7, 11) is 0. The number of ketones is 1. The first kappa shape index (κ1) is 18.4. The molecule has 1 atom stereocenters. The fourth-order valence-electron chi connectivity index (χ4n) is 2.70. The van der Waals surface area contributed by atoms with Gasteiger partial charge in [-0.3, -0.25) is 9.59 Å². The van der Waals surface area contributed by atoms with Gasteiger partial charge >= 0.3 is 0 Å². The molecule has 2 heterocycles. The van der Waals surface area contributed by atoms with Crippen molar-refractivity contribution >= 4 is 29.1 Å². The molecule has 0 radical (unpaired) electrons. The number of anilines is 1. The van der Waals surface area contributed by atoms with Crippen molar-refractivity contribution in [1.82, 2.24) is 14.8 Å². The zero-order valence-corrected chi connectivity index (χ0v) is 15.7. The second-order valence-corrected chi connectivity index (χ2v) is 7.49. The van der Waals surface area contributed by atoms with Crippen molar-refractivity contribution in [1.29, 1.82) is 0 Å². The highest BCUT2D eigenvalue weighted by atomic mass is 32.2. The number of benzene rings is 1. The van der Waals surface area contributed by atoms with Crippen molar-refractivity contribution in [2.24, 2.45) is 0 Å². The number of carbonyl (C=O) groups excluding carboxylic acids is 2. The van der Waals surface area contributed by atoms with E-state index in [4.69, 9.17) is 4.74 Å². The van der Waals surface area contributed by atoms with Crippen molar-refractivity contribution in [3.63, 3.8) is 0 Å². The number of unbranched alkanes of at least 4 members (excludes halogenated alkanes) is 2. The maximum atomic E-state index is 12.8. The van der Waals surface area contributed by atoms with E-state index in [0.717, 1.165) is 31.0 Å². The van der Waals surface area contributed by atoms with Crippen molar-refractivity contribution < 1.29 is 14.3 Å². The molecule has 138 valence electrons. The SMILES string of the molecule is CCCCCn1cnnc1S[C@@H](C)C(=O)c1ccc2c(c1)NC(=O)CO2. The van der Waals surface area contributed by atoms with E-state index in [-0.39, 0.29) is 23.5 Å². The van der Waals surface area contributed by atoms with Crippen LogP contribution in [-0.4, -0.2) is 38.3 Å². The third-order valence-electron chi connectivity index (χ3n) is 4.13. The molecule has 3 rings (SSSR count). The lowest BCUT2D eigenvalue weighted by atomic mass is 10.1. The van der Waals surface area contributed by atoms with Gasteiger partial charge in [-0.25, -0.2) is 0 Å². The highest BCUT2D eigenvalue weighted by molar-refractivity contribution is 8.00. The third kappa shape index (κ3) is 4.24. The van der Waals surface area contributed by atoms with Crippen molar-refractivity contribution in [3.8, 4) is 5.75 Å². The number of nitrogens with one attached hydrogen (secondary N) is 1. The smallest absolute Gasteiger partial charge is 0.262 e. The number of thioether (sulfide) groups is 1. The summed E-state index contributed by atoms with van der Waals surface area (Å²) in [5.74, 6) is 0.336. The third-order valence-corrected chi connectivity index (χ3v) is 5.23. The van der Waals surface area contributed by atoms with Gasteiger partial charge in [-0.2, -0.15) is 0 Å². The van der Waals surface area contributed by atoms with Gasteiger partial charge < -0.3 is 14.6 Å². The van der Waals surface area contributed by atoms with Crippen LogP contribution in [0.25, 0.3) is 0 Å². The normalized spacial score (nSPS) is 14.3. The van der Waals surface area contributed by atoms with Crippen LogP contribution in [0.5, 0.6) is 5.75 Å². The number of amides is 1. The Morgan fingerprint density at radius 2 is 2.27 bits per heavy atom. The average Bonchev–Trinajstić information content (AvgIpc) is 3.07. The Bertz CT molecular complexity index is 805. The lowest BCUT2D eigenvalue weighted by Gasteiger charge is -2.19. The largest absolute Gasteiger partial charge is 0.482 e. The molecule has 0 saturated heterocycles. The number of aryl methyl sites for hydroxylation is 1. The molecule has 0 unspecified atom stereocenters. The van der Waals surface area contributed by atoms with E-state index in [1.807, 2.05) is 11.5 Å². The van der Waals surface area contributed by atoms with E-state index in [1.54, 1.807) is 24.5 Å².